The first-order valence-electron chi connectivity index (χ1n) is 6.41. The fourth-order valence-electron chi connectivity index (χ4n) is 2.14. The van der Waals surface area contributed by atoms with E-state index in [9.17, 15) is 0 Å². The van der Waals surface area contributed by atoms with Gasteiger partial charge in [0.15, 0.2) is 0 Å². The Hall–Kier alpha value is -1.78. The smallest absolute Gasteiger partial charge is 0.0719 e. The monoisotopic (exact) mass is 257 g/mol. The molecule has 0 saturated heterocycles. The summed E-state index contributed by atoms with van der Waals surface area (Å²) < 4.78 is 5.46. The van der Waals surface area contributed by atoms with Gasteiger partial charge in [-0.1, -0.05) is 18.2 Å². The zero-order chi connectivity index (χ0) is 13.5. The van der Waals surface area contributed by atoms with Crippen LogP contribution in [0.4, 0.5) is 0 Å². The molecule has 0 radical (unpaired) electrons. The first-order valence-corrected chi connectivity index (χ1v) is 6.41. The highest BCUT2D eigenvalue weighted by molar-refractivity contribution is 5.68. The summed E-state index contributed by atoms with van der Waals surface area (Å²) >= 11 is 0. The lowest BCUT2D eigenvalue weighted by Gasteiger charge is -2.19. The van der Waals surface area contributed by atoms with E-state index in [1.54, 1.807) is 6.20 Å². The molecule has 1 aliphatic heterocycles. The Morgan fingerprint density at radius 2 is 2.00 bits per heavy atom. The van der Waals surface area contributed by atoms with Crippen LogP contribution < -0.4 is 5.32 Å². The largest absolute Gasteiger partial charge is 0.376 e. The molecule has 0 amide bonds. The van der Waals surface area contributed by atoms with E-state index in [0.29, 0.717) is 0 Å². The molecule has 0 saturated carbocycles. The summed E-state index contributed by atoms with van der Waals surface area (Å²) in [7, 11) is 3.75. The van der Waals surface area contributed by atoms with E-state index >= 15 is 0 Å². The molecule has 0 spiro atoms. The second-order valence-electron chi connectivity index (χ2n) is 4.38. The molecule has 100 valence electrons. The maximum atomic E-state index is 5.46. The van der Waals surface area contributed by atoms with Gasteiger partial charge < -0.3 is 10.1 Å². The molecule has 2 heterocycles. The lowest BCUT2D eigenvalue weighted by Crippen LogP contribution is -2.10. The molecule has 0 fully saturated rings. The third-order valence-corrected chi connectivity index (χ3v) is 2.92. The molecule has 3 rings (SSSR count). The van der Waals surface area contributed by atoms with E-state index in [1.807, 2.05) is 26.4 Å². The Morgan fingerprint density at radius 3 is 2.74 bits per heavy atom. The van der Waals surface area contributed by atoms with Gasteiger partial charge in [0.05, 0.1) is 25.6 Å². The third kappa shape index (κ3) is 3.36. The van der Waals surface area contributed by atoms with E-state index < -0.39 is 0 Å². The predicted octanol–water partition coefficient (Wildman–Crippen LogP) is 2.05. The van der Waals surface area contributed by atoms with Crippen molar-refractivity contribution in [2.24, 2.45) is 0 Å². The van der Waals surface area contributed by atoms with Crippen LogP contribution in [0.15, 0.2) is 36.7 Å². The molecule has 1 aromatic heterocycles. The minimum atomic E-state index is 0.724. The van der Waals surface area contributed by atoms with Gasteiger partial charge in [0.2, 0.25) is 0 Å². The molecular formula is C15H19N3O. The van der Waals surface area contributed by atoms with Crippen molar-refractivity contribution in [3.63, 3.8) is 0 Å². The average molecular weight is 257 g/mol. The minimum absolute atomic E-state index is 0.724. The molecule has 0 unspecified atom stereocenters. The molecule has 0 aliphatic carbocycles. The number of hydrogen-bond donors (Lipinski definition) is 1. The minimum Gasteiger partial charge on any atom is -0.376 e. The molecule has 1 N–H and O–H groups in total. The van der Waals surface area contributed by atoms with E-state index in [0.717, 1.165) is 25.2 Å². The van der Waals surface area contributed by atoms with Crippen LogP contribution in [-0.4, -0.2) is 30.9 Å². The standard InChI is InChI=1S/C13H12N2O.C2H7N/c1-2-11-9-16-7-5-13(11)12(3-1)10-4-6-14-15-8-10;1-3-2/h1-4,6,8H,5,7,9H2;3H,1-2H3. The van der Waals surface area contributed by atoms with Gasteiger partial charge in [-0.3, -0.25) is 0 Å². The van der Waals surface area contributed by atoms with Gasteiger partial charge in [-0.05, 0) is 43.3 Å². The van der Waals surface area contributed by atoms with E-state index in [1.165, 1.54) is 16.7 Å². The zero-order valence-electron chi connectivity index (χ0n) is 11.4. The lowest BCUT2D eigenvalue weighted by atomic mass is 9.94. The van der Waals surface area contributed by atoms with Crippen molar-refractivity contribution in [2.45, 2.75) is 13.0 Å². The highest BCUT2D eigenvalue weighted by Crippen LogP contribution is 2.28. The highest BCUT2D eigenvalue weighted by atomic mass is 16.5. The van der Waals surface area contributed by atoms with Gasteiger partial charge in [0, 0.05) is 5.56 Å². The van der Waals surface area contributed by atoms with Crippen LogP contribution in [0.5, 0.6) is 0 Å². The molecular weight excluding hydrogens is 238 g/mol. The third-order valence-electron chi connectivity index (χ3n) is 2.92. The van der Waals surface area contributed by atoms with Gasteiger partial charge in [-0.15, -0.1) is 0 Å². The Labute approximate surface area is 113 Å². The zero-order valence-corrected chi connectivity index (χ0v) is 11.4. The number of aromatic nitrogens is 2. The summed E-state index contributed by atoms with van der Waals surface area (Å²) in [6.45, 7) is 1.53. The number of benzene rings is 1. The second-order valence-corrected chi connectivity index (χ2v) is 4.38. The molecule has 4 heteroatoms. The molecule has 1 aromatic carbocycles. The van der Waals surface area contributed by atoms with Crippen molar-refractivity contribution in [2.75, 3.05) is 20.7 Å². The number of hydrogen-bond acceptors (Lipinski definition) is 4. The highest BCUT2D eigenvalue weighted by Gasteiger charge is 2.13. The number of ether oxygens (including phenoxy) is 1. The predicted molar refractivity (Wildman–Crippen MR) is 75.8 cm³/mol. The Morgan fingerprint density at radius 1 is 1.16 bits per heavy atom. The topological polar surface area (TPSA) is 47.0 Å². The average Bonchev–Trinajstić information content (AvgIpc) is 2.48. The van der Waals surface area contributed by atoms with Crippen molar-refractivity contribution in [3.05, 3.63) is 47.8 Å². The van der Waals surface area contributed by atoms with Crippen molar-refractivity contribution in [1.82, 2.24) is 15.5 Å². The van der Waals surface area contributed by atoms with Crippen LogP contribution in [-0.2, 0) is 17.8 Å². The Kier molecular flexibility index (Phi) is 5.01. The van der Waals surface area contributed by atoms with Crippen LogP contribution in [0, 0.1) is 0 Å². The lowest BCUT2D eigenvalue weighted by molar-refractivity contribution is 0.111. The first kappa shape index (κ1) is 13.6. The maximum absolute atomic E-state index is 5.46. The SMILES string of the molecule is CNC.c1cc2c(c(-c3ccnnc3)c1)CCOC2. The fourth-order valence-corrected chi connectivity index (χ4v) is 2.14. The maximum Gasteiger partial charge on any atom is 0.0719 e. The van der Waals surface area contributed by atoms with Crippen LogP contribution >= 0.6 is 0 Å². The van der Waals surface area contributed by atoms with E-state index in [-0.39, 0.29) is 0 Å². The van der Waals surface area contributed by atoms with Crippen LogP contribution in [0.1, 0.15) is 11.1 Å². The first-order chi connectivity index (χ1) is 9.36. The van der Waals surface area contributed by atoms with Gasteiger partial charge in [0.25, 0.3) is 0 Å². The molecule has 4 nitrogen and oxygen atoms in total. The number of nitrogens with zero attached hydrogens (tertiary/aromatic N) is 2. The molecule has 0 atom stereocenters. The number of nitrogens with one attached hydrogen (secondary N) is 1. The van der Waals surface area contributed by atoms with E-state index in [2.05, 4.69) is 33.7 Å². The molecule has 0 bridgehead atoms. The summed E-state index contributed by atoms with van der Waals surface area (Å²) in [6.07, 6.45) is 4.52. The van der Waals surface area contributed by atoms with Crippen molar-refractivity contribution < 1.29 is 4.74 Å². The van der Waals surface area contributed by atoms with Gasteiger partial charge in [-0.25, -0.2) is 0 Å². The summed E-state index contributed by atoms with van der Waals surface area (Å²) in [4.78, 5) is 0. The molecule has 19 heavy (non-hydrogen) atoms. The second kappa shape index (κ2) is 6.97. The summed E-state index contributed by atoms with van der Waals surface area (Å²) in [5.41, 5.74) is 5.08. The summed E-state index contributed by atoms with van der Waals surface area (Å²) in [6, 6.07) is 8.34. The molecule has 1 aliphatic rings. The van der Waals surface area contributed by atoms with Crippen LogP contribution in [0.25, 0.3) is 11.1 Å². The number of rotatable bonds is 1. The summed E-state index contributed by atoms with van der Waals surface area (Å²) in [5, 5.41) is 10.5. The molecule has 2 aromatic rings. The van der Waals surface area contributed by atoms with Crippen molar-refractivity contribution in [3.8, 4) is 11.1 Å². The van der Waals surface area contributed by atoms with Gasteiger partial charge >= 0.3 is 0 Å². The normalized spacial score (nSPS) is 13.2. The quantitative estimate of drug-likeness (QED) is 0.849. The Balaban J connectivity index is 0.000000408. The van der Waals surface area contributed by atoms with Crippen molar-refractivity contribution in [1.29, 1.82) is 0 Å². The fraction of sp³-hybridized carbons (Fsp3) is 0.333. The van der Waals surface area contributed by atoms with Crippen molar-refractivity contribution >= 4 is 0 Å². The van der Waals surface area contributed by atoms with Gasteiger partial charge in [0.1, 0.15) is 0 Å². The van der Waals surface area contributed by atoms with Crippen LogP contribution in [0.2, 0.25) is 0 Å². The van der Waals surface area contributed by atoms with Crippen LogP contribution in [0.3, 0.4) is 0 Å². The van der Waals surface area contributed by atoms with E-state index in [4.69, 9.17) is 4.74 Å². The number of fused-ring (bicyclic) bond motifs is 1. The summed E-state index contributed by atoms with van der Waals surface area (Å²) in [5.74, 6) is 0. The Bertz CT molecular complexity index is 514. The van der Waals surface area contributed by atoms with Gasteiger partial charge in [-0.2, -0.15) is 10.2 Å².